The monoisotopic (exact) mass is 362 g/mol. The van der Waals surface area contributed by atoms with Crippen LogP contribution in [0.25, 0.3) is 0 Å². The number of carbonyl (C=O) groups is 3. The minimum Gasteiger partial charge on any atom is -0.450 e. The van der Waals surface area contributed by atoms with E-state index in [0.717, 1.165) is 5.69 Å². The van der Waals surface area contributed by atoms with Gasteiger partial charge in [-0.05, 0) is 31.2 Å². The molecule has 0 aromatic heterocycles. The van der Waals surface area contributed by atoms with E-state index in [1.165, 1.54) is 0 Å². The number of amides is 3. The zero-order chi connectivity index (χ0) is 19.1. The van der Waals surface area contributed by atoms with Crippen molar-refractivity contribution in [2.75, 3.05) is 57.1 Å². The van der Waals surface area contributed by atoms with E-state index in [9.17, 15) is 14.4 Å². The first-order valence-corrected chi connectivity index (χ1v) is 8.67. The summed E-state index contributed by atoms with van der Waals surface area (Å²) < 4.78 is 4.95. The molecule has 3 amide bonds. The van der Waals surface area contributed by atoms with Gasteiger partial charge in [-0.25, -0.2) is 4.79 Å². The molecule has 1 fully saturated rings. The molecule has 1 aliphatic heterocycles. The number of hydrogen-bond acceptors (Lipinski definition) is 5. The fourth-order valence-electron chi connectivity index (χ4n) is 2.65. The summed E-state index contributed by atoms with van der Waals surface area (Å²) in [6.07, 6.45) is -0.576. The number of hydrogen-bond donors (Lipinski definition) is 1. The molecule has 26 heavy (non-hydrogen) atoms. The van der Waals surface area contributed by atoms with Crippen LogP contribution in [0.15, 0.2) is 24.3 Å². The van der Waals surface area contributed by atoms with Gasteiger partial charge in [0.1, 0.15) is 6.42 Å². The minimum atomic E-state index is -0.362. The van der Waals surface area contributed by atoms with E-state index >= 15 is 0 Å². The number of nitrogens with one attached hydrogen (secondary N) is 1. The van der Waals surface area contributed by atoms with Crippen LogP contribution in [0.5, 0.6) is 0 Å². The Kier molecular flexibility index (Phi) is 6.82. The second-order valence-electron chi connectivity index (χ2n) is 6.23. The summed E-state index contributed by atoms with van der Waals surface area (Å²) in [5.74, 6) is -0.587. The Bertz CT molecular complexity index is 637. The van der Waals surface area contributed by atoms with Gasteiger partial charge in [0.05, 0.1) is 6.61 Å². The summed E-state index contributed by atoms with van der Waals surface area (Å²) >= 11 is 0. The first-order valence-electron chi connectivity index (χ1n) is 8.67. The van der Waals surface area contributed by atoms with Crippen LogP contribution in [-0.4, -0.2) is 74.6 Å². The molecule has 2 rings (SSSR count). The molecule has 0 bridgehead atoms. The van der Waals surface area contributed by atoms with Gasteiger partial charge in [-0.3, -0.25) is 9.59 Å². The molecule has 8 heteroatoms. The van der Waals surface area contributed by atoms with Gasteiger partial charge in [-0.2, -0.15) is 0 Å². The van der Waals surface area contributed by atoms with Crippen molar-refractivity contribution >= 4 is 29.3 Å². The third-order valence-corrected chi connectivity index (χ3v) is 4.14. The largest absolute Gasteiger partial charge is 0.450 e. The average molecular weight is 362 g/mol. The van der Waals surface area contributed by atoms with Gasteiger partial charge in [0.25, 0.3) is 0 Å². The number of rotatable bonds is 5. The number of nitrogens with zero attached hydrogens (tertiary/aromatic N) is 3. The van der Waals surface area contributed by atoms with Crippen molar-refractivity contribution in [1.29, 1.82) is 0 Å². The topological polar surface area (TPSA) is 82.2 Å². The highest BCUT2D eigenvalue weighted by molar-refractivity contribution is 6.03. The molecule has 1 aliphatic rings. The highest BCUT2D eigenvalue weighted by Crippen LogP contribution is 2.16. The van der Waals surface area contributed by atoms with E-state index < -0.39 is 0 Å². The standard InChI is InChI=1S/C18H26N4O4/c1-4-26-18(25)22-11-9-21(10-12-22)17(24)13-16(23)19-14-5-7-15(8-6-14)20(2)3/h5-8H,4,9-13H2,1-3H3,(H,19,23). The van der Waals surface area contributed by atoms with Gasteiger partial charge in [0, 0.05) is 51.6 Å². The molecule has 1 N–H and O–H groups in total. The Balaban J connectivity index is 1.79. The maximum absolute atomic E-state index is 12.3. The predicted molar refractivity (Wildman–Crippen MR) is 99.2 cm³/mol. The summed E-state index contributed by atoms with van der Waals surface area (Å²) in [6.45, 7) is 3.72. The molecule has 1 aromatic carbocycles. The minimum absolute atomic E-state index is 0.213. The van der Waals surface area contributed by atoms with Crippen LogP contribution in [0.4, 0.5) is 16.2 Å². The Labute approximate surface area is 153 Å². The summed E-state index contributed by atoms with van der Waals surface area (Å²) in [7, 11) is 3.88. The van der Waals surface area contributed by atoms with E-state index in [2.05, 4.69) is 5.32 Å². The first kappa shape index (κ1) is 19.6. The maximum atomic E-state index is 12.3. The fourth-order valence-corrected chi connectivity index (χ4v) is 2.65. The fraction of sp³-hybridized carbons (Fsp3) is 0.500. The van der Waals surface area contributed by atoms with E-state index in [1.54, 1.807) is 28.9 Å². The average Bonchev–Trinajstić information content (AvgIpc) is 2.62. The molecule has 0 unspecified atom stereocenters. The van der Waals surface area contributed by atoms with Crippen LogP contribution in [0.3, 0.4) is 0 Å². The van der Waals surface area contributed by atoms with Gasteiger partial charge in [0.15, 0.2) is 0 Å². The van der Waals surface area contributed by atoms with Gasteiger partial charge in [-0.1, -0.05) is 0 Å². The van der Waals surface area contributed by atoms with Crippen LogP contribution in [-0.2, 0) is 14.3 Å². The van der Waals surface area contributed by atoms with E-state index in [1.807, 2.05) is 31.1 Å². The molecule has 0 radical (unpaired) electrons. The van der Waals surface area contributed by atoms with E-state index in [4.69, 9.17) is 4.74 Å². The zero-order valence-electron chi connectivity index (χ0n) is 15.5. The maximum Gasteiger partial charge on any atom is 0.409 e. The summed E-state index contributed by atoms with van der Waals surface area (Å²) in [5, 5.41) is 2.73. The summed E-state index contributed by atoms with van der Waals surface area (Å²) in [4.78, 5) is 41.1. The highest BCUT2D eigenvalue weighted by atomic mass is 16.6. The third-order valence-electron chi connectivity index (χ3n) is 4.14. The number of piperazine rings is 1. The van der Waals surface area contributed by atoms with Crippen molar-refractivity contribution in [3.63, 3.8) is 0 Å². The van der Waals surface area contributed by atoms with Gasteiger partial charge in [0.2, 0.25) is 11.8 Å². The van der Waals surface area contributed by atoms with E-state index in [0.29, 0.717) is 38.5 Å². The molecule has 0 spiro atoms. The Morgan fingerprint density at radius 3 is 2.15 bits per heavy atom. The van der Waals surface area contributed by atoms with Crippen LogP contribution < -0.4 is 10.2 Å². The molecule has 1 saturated heterocycles. The molecule has 1 aromatic rings. The van der Waals surface area contributed by atoms with Crippen molar-refractivity contribution in [1.82, 2.24) is 9.80 Å². The zero-order valence-corrected chi connectivity index (χ0v) is 15.5. The molecule has 0 saturated carbocycles. The van der Waals surface area contributed by atoms with Crippen molar-refractivity contribution in [2.45, 2.75) is 13.3 Å². The van der Waals surface area contributed by atoms with Crippen molar-refractivity contribution < 1.29 is 19.1 Å². The lowest BCUT2D eigenvalue weighted by atomic mass is 10.2. The lowest BCUT2D eigenvalue weighted by Crippen LogP contribution is -2.51. The quantitative estimate of drug-likeness (QED) is 0.801. The van der Waals surface area contributed by atoms with Crippen molar-refractivity contribution in [2.24, 2.45) is 0 Å². The Morgan fingerprint density at radius 2 is 1.62 bits per heavy atom. The molecule has 0 atom stereocenters. The van der Waals surface area contributed by atoms with Gasteiger partial charge in [-0.15, -0.1) is 0 Å². The normalized spacial score (nSPS) is 14.0. The summed E-state index contributed by atoms with van der Waals surface area (Å²) in [6, 6.07) is 7.39. The summed E-state index contributed by atoms with van der Waals surface area (Å²) in [5.41, 5.74) is 1.68. The van der Waals surface area contributed by atoms with Crippen molar-refractivity contribution in [3.05, 3.63) is 24.3 Å². The molecule has 8 nitrogen and oxygen atoms in total. The molecule has 142 valence electrons. The molecular formula is C18H26N4O4. The van der Waals surface area contributed by atoms with Crippen molar-refractivity contribution in [3.8, 4) is 0 Å². The predicted octanol–water partition coefficient (Wildman–Crippen LogP) is 1.38. The lowest BCUT2D eigenvalue weighted by Gasteiger charge is -2.34. The third kappa shape index (κ3) is 5.37. The molecule has 0 aliphatic carbocycles. The number of anilines is 2. The van der Waals surface area contributed by atoms with Crippen LogP contribution in [0.1, 0.15) is 13.3 Å². The SMILES string of the molecule is CCOC(=O)N1CCN(C(=O)CC(=O)Nc2ccc(N(C)C)cc2)CC1. The van der Waals surface area contributed by atoms with Gasteiger partial charge < -0.3 is 24.8 Å². The second kappa shape index (κ2) is 9.07. The second-order valence-corrected chi connectivity index (χ2v) is 6.23. The van der Waals surface area contributed by atoms with E-state index in [-0.39, 0.29) is 24.3 Å². The first-order chi connectivity index (χ1) is 12.4. The lowest BCUT2D eigenvalue weighted by molar-refractivity contribution is -0.135. The Hall–Kier alpha value is -2.77. The highest BCUT2D eigenvalue weighted by Gasteiger charge is 2.25. The number of ether oxygens (including phenoxy) is 1. The van der Waals surface area contributed by atoms with Gasteiger partial charge >= 0.3 is 6.09 Å². The molecule has 1 heterocycles. The molecular weight excluding hydrogens is 336 g/mol. The smallest absolute Gasteiger partial charge is 0.409 e. The number of carbonyl (C=O) groups excluding carboxylic acids is 3. The van der Waals surface area contributed by atoms with Crippen LogP contribution >= 0.6 is 0 Å². The Morgan fingerprint density at radius 1 is 1.04 bits per heavy atom. The number of benzene rings is 1. The van der Waals surface area contributed by atoms with Crippen LogP contribution in [0.2, 0.25) is 0 Å². The van der Waals surface area contributed by atoms with Crippen LogP contribution in [0, 0.1) is 0 Å².